The van der Waals surface area contributed by atoms with Gasteiger partial charge in [0.15, 0.2) is 0 Å². The highest BCUT2D eigenvalue weighted by Gasteiger charge is 2.34. The summed E-state index contributed by atoms with van der Waals surface area (Å²) in [6.07, 6.45) is 0.0340. The zero-order chi connectivity index (χ0) is 14.0. The summed E-state index contributed by atoms with van der Waals surface area (Å²) in [4.78, 5) is 15.1. The zero-order valence-electron chi connectivity index (χ0n) is 10.6. The molecule has 1 fully saturated rings. The summed E-state index contributed by atoms with van der Waals surface area (Å²) < 4.78 is 36.7. The molecule has 1 saturated heterocycles. The van der Waals surface area contributed by atoms with Gasteiger partial charge in [0.05, 0.1) is 12.5 Å². The third kappa shape index (κ3) is 3.94. The molecule has 108 valence electrons. The molecule has 2 atom stereocenters. The van der Waals surface area contributed by atoms with Crippen molar-refractivity contribution in [2.45, 2.75) is 18.6 Å². The summed E-state index contributed by atoms with van der Waals surface area (Å²) >= 11 is 0. The third-order valence-corrected chi connectivity index (χ3v) is 3.52. The van der Waals surface area contributed by atoms with Crippen molar-refractivity contribution in [3.05, 3.63) is 12.2 Å². The molecule has 0 aromatic carbocycles. The molecule has 4 nitrogen and oxygen atoms in total. The fourth-order valence-electron chi connectivity index (χ4n) is 2.52. The molecule has 1 aliphatic carbocycles. The number of piperazine rings is 1. The maximum absolute atomic E-state index is 12.2. The van der Waals surface area contributed by atoms with Crippen LogP contribution in [-0.4, -0.2) is 60.6 Å². The second-order valence-corrected chi connectivity index (χ2v) is 5.11. The normalized spacial score (nSPS) is 28.9. The van der Waals surface area contributed by atoms with Gasteiger partial charge in [0, 0.05) is 32.2 Å². The smallest absolute Gasteiger partial charge is 0.340 e. The molecular weight excluding hydrogens is 259 g/mol. The van der Waals surface area contributed by atoms with Gasteiger partial charge in [-0.1, -0.05) is 12.2 Å². The molecule has 0 bridgehead atoms. The van der Waals surface area contributed by atoms with Crippen LogP contribution in [0.4, 0.5) is 13.2 Å². The first-order valence-electron chi connectivity index (χ1n) is 6.37. The van der Waals surface area contributed by atoms with E-state index >= 15 is 0 Å². The molecule has 0 saturated carbocycles. The number of carbonyl (C=O) groups excluding carboxylic acids is 1. The SMILES string of the molecule is NC1C=CC(C(=O)N2CCN(CC(F)(F)F)CC2)C1. The first-order valence-corrected chi connectivity index (χ1v) is 6.37. The fraction of sp³-hybridized carbons (Fsp3) is 0.750. The Morgan fingerprint density at radius 2 is 1.84 bits per heavy atom. The van der Waals surface area contributed by atoms with E-state index in [0.717, 1.165) is 0 Å². The largest absolute Gasteiger partial charge is 0.401 e. The minimum Gasteiger partial charge on any atom is -0.340 e. The van der Waals surface area contributed by atoms with Crippen LogP contribution in [0.2, 0.25) is 0 Å². The van der Waals surface area contributed by atoms with E-state index in [0.29, 0.717) is 19.5 Å². The van der Waals surface area contributed by atoms with Gasteiger partial charge in [-0.3, -0.25) is 9.69 Å². The van der Waals surface area contributed by atoms with E-state index in [1.54, 1.807) is 11.0 Å². The van der Waals surface area contributed by atoms with Crippen molar-refractivity contribution < 1.29 is 18.0 Å². The topological polar surface area (TPSA) is 49.6 Å². The van der Waals surface area contributed by atoms with Gasteiger partial charge >= 0.3 is 6.18 Å². The van der Waals surface area contributed by atoms with Gasteiger partial charge in [0.1, 0.15) is 0 Å². The van der Waals surface area contributed by atoms with Crippen LogP contribution >= 0.6 is 0 Å². The van der Waals surface area contributed by atoms with Gasteiger partial charge in [0.25, 0.3) is 0 Å². The van der Waals surface area contributed by atoms with E-state index in [2.05, 4.69) is 0 Å². The lowest BCUT2D eigenvalue weighted by Gasteiger charge is -2.36. The summed E-state index contributed by atoms with van der Waals surface area (Å²) in [6, 6.07) is -0.0829. The molecule has 7 heteroatoms. The van der Waals surface area contributed by atoms with Gasteiger partial charge < -0.3 is 10.6 Å². The van der Waals surface area contributed by atoms with Gasteiger partial charge in [-0.25, -0.2) is 0 Å². The van der Waals surface area contributed by atoms with Crippen molar-refractivity contribution in [1.82, 2.24) is 9.80 Å². The van der Waals surface area contributed by atoms with Crippen LogP contribution in [0.5, 0.6) is 0 Å². The second-order valence-electron chi connectivity index (χ2n) is 5.11. The Morgan fingerprint density at radius 1 is 1.21 bits per heavy atom. The van der Waals surface area contributed by atoms with Crippen LogP contribution in [0.1, 0.15) is 6.42 Å². The molecule has 0 spiro atoms. The zero-order valence-corrected chi connectivity index (χ0v) is 10.6. The number of hydrogen-bond donors (Lipinski definition) is 1. The fourth-order valence-corrected chi connectivity index (χ4v) is 2.52. The Morgan fingerprint density at radius 3 is 2.32 bits per heavy atom. The molecule has 2 N–H and O–H groups in total. The van der Waals surface area contributed by atoms with E-state index < -0.39 is 12.7 Å². The summed E-state index contributed by atoms with van der Waals surface area (Å²) in [5, 5.41) is 0. The Labute approximate surface area is 110 Å². The van der Waals surface area contributed by atoms with Crippen molar-refractivity contribution in [1.29, 1.82) is 0 Å². The summed E-state index contributed by atoms with van der Waals surface area (Å²) in [5.41, 5.74) is 5.69. The average Bonchev–Trinajstić information content (AvgIpc) is 2.74. The average molecular weight is 277 g/mol. The lowest BCUT2D eigenvalue weighted by Crippen LogP contribution is -2.52. The molecular formula is C12H18F3N3O. The van der Waals surface area contributed by atoms with Crippen molar-refractivity contribution in [3.63, 3.8) is 0 Å². The van der Waals surface area contributed by atoms with Gasteiger partial charge in [-0.15, -0.1) is 0 Å². The molecule has 1 amide bonds. The van der Waals surface area contributed by atoms with Gasteiger partial charge in [0.2, 0.25) is 5.91 Å². The quantitative estimate of drug-likeness (QED) is 0.752. The highest BCUT2D eigenvalue weighted by atomic mass is 19.4. The highest BCUT2D eigenvalue weighted by molar-refractivity contribution is 5.81. The number of carbonyl (C=O) groups is 1. The second kappa shape index (κ2) is 5.50. The number of nitrogens with two attached hydrogens (primary N) is 1. The molecule has 2 aliphatic rings. The minimum atomic E-state index is -4.17. The first-order chi connectivity index (χ1) is 8.85. The van der Waals surface area contributed by atoms with Crippen molar-refractivity contribution in [3.8, 4) is 0 Å². The number of rotatable bonds is 2. The molecule has 19 heavy (non-hydrogen) atoms. The third-order valence-electron chi connectivity index (χ3n) is 3.52. The minimum absolute atomic E-state index is 0.0177. The number of amides is 1. The van der Waals surface area contributed by atoms with Crippen LogP contribution in [0.15, 0.2) is 12.2 Å². The number of nitrogens with zero attached hydrogens (tertiary/aromatic N) is 2. The van der Waals surface area contributed by atoms with Crippen molar-refractivity contribution in [2.24, 2.45) is 11.7 Å². The van der Waals surface area contributed by atoms with E-state index in [9.17, 15) is 18.0 Å². The molecule has 2 unspecified atom stereocenters. The van der Waals surface area contributed by atoms with Crippen LogP contribution in [0, 0.1) is 5.92 Å². The number of hydrogen-bond acceptors (Lipinski definition) is 3. The monoisotopic (exact) mass is 277 g/mol. The lowest BCUT2D eigenvalue weighted by molar-refractivity contribution is -0.152. The summed E-state index contributed by atoms with van der Waals surface area (Å²) in [5.74, 6) is -0.222. The van der Waals surface area contributed by atoms with E-state index in [4.69, 9.17) is 5.73 Å². The van der Waals surface area contributed by atoms with Gasteiger partial charge in [-0.2, -0.15) is 13.2 Å². The molecule has 0 aromatic heterocycles. The van der Waals surface area contributed by atoms with Crippen molar-refractivity contribution >= 4 is 5.91 Å². The van der Waals surface area contributed by atoms with E-state index in [-0.39, 0.29) is 31.0 Å². The Balaban J connectivity index is 1.80. The molecule has 1 aliphatic heterocycles. The molecule has 0 aromatic rings. The van der Waals surface area contributed by atoms with Gasteiger partial charge in [-0.05, 0) is 6.42 Å². The first kappa shape index (κ1) is 14.3. The van der Waals surface area contributed by atoms with Crippen LogP contribution < -0.4 is 5.73 Å². The van der Waals surface area contributed by atoms with Crippen LogP contribution in [0.3, 0.4) is 0 Å². The maximum atomic E-state index is 12.2. The van der Waals surface area contributed by atoms with Crippen LogP contribution in [-0.2, 0) is 4.79 Å². The Bertz CT molecular complexity index is 362. The van der Waals surface area contributed by atoms with Crippen LogP contribution in [0.25, 0.3) is 0 Å². The summed E-state index contributed by atoms with van der Waals surface area (Å²) in [7, 11) is 0. The molecule has 1 heterocycles. The lowest BCUT2D eigenvalue weighted by atomic mass is 10.1. The predicted octanol–water partition coefficient (Wildman–Crippen LogP) is 0.596. The maximum Gasteiger partial charge on any atom is 0.401 e. The summed E-state index contributed by atoms with van der Waals surface area (Å²) in [6.45, 7) is 0.355. The highest BCUT2D eigenvalue weighted by Crippen LogP contribution is 2.21. The van der Waals surface area contributed by atoms with Crippen molar-refractivity contribution in [2.75, 3.05) is 32.7 Å². The Kier molecular flexibility index (Phi) is 4.15. The predicted molar refractivity (Wildman–Crippen MR) is 64.3 cm³/mol. The van der Waals surface area contributed by atoms with E-state index in [1.807, 2.05) is 6.08 Å². The Hall–Kier alpha value is -1.08. The molecule has 2 rings (SSSR count). The molecule has 0 radical (unpaired) electrons. The number of halogens is 3. The van der Waals surface area contributed by atoms with E-state index in [1.165, 1.54) is 4.90 Å². The standard InChI is InChI=1S/C12H18F3N3O/c13-12(14,15)8-17-3-5-18(6-4-17)11(19)9-1-2-10(16)7-9/h1-2,9-10H,3-8,16H2. The number of alkyl halides is 3.